The lowest BCUT2D eigenvalue weighted by molar-refractivity contribution is -0.133. The number of aromatic nitrogens is 2. The van der Waals surface area contributed by atoms with Crippen LogP contribution in [0.3, 0.4) is 0 Å². The first-order valence-corrected chi connectivity index (χ1v) is 11.5. The summed E-state index contributed by atoms with van der Waals surface area (Å²) in [5.41, 5.74) is 4.12. The molecule has 1 saturated heterocycles. The lowest BCUT2D eigenvalue weighted by atomic mass is 9.88. The molecule has 0 spiro atoms. The SMILES string of the molecule is Cc1cccc(-c2noc(C3CCCN(C(=O)C(c4ccccc4)c4ccccc4)C3)n2)c1. The van der Waals surface area contributed by atoms with E-state index in [9.17, 15) is 4.79 Å². The minimum Gasteiger partial charge on any atom is -0.341 e. The monoisotopic (exact) mass is 437 g/mol. The van der Waals surface area contributed by atoms with Gasteiger partial charge in [0.2, 0.25) is 17.6 Å². The molecular weight excluding hydrogens is 410 g/mol. The van der Waals surface area contributed by atoms with Gasteiger partial charge in [0.25, 0.3) is 0 Å². The first-order chi connectivity index (χ1) is 16.2. The van der Waals surface area contributed by atoms with Crippen LogP contribution < -0.4 is 0 Å². The first-order valence-electron chi connectivity index (χ1n) is 11.5. The van der Waals surface area contributed by atoms with Crippen LogP contribution in [-0.4, -0.2) is 34.0 Å². The molecule has 3 aromatic carbocycles. The number of hydrogen-bond acceptors (Lipinski definition) is 4. The molecule has 166 valence electrons. The molecule has 5 rings (SSSR count). The summed E-state index contributed by atoms with van der Waals surface area (Å²) >= 11 is 0. The van der Waals surface area contributed by atoms with Crippen LogP contribution in [-0.2, 0) is 4.79 Å². The summed E-state index contributed by atoms with van der Waals surface area (Å²) in [5, 5.41) is 4.21. The predicted molar refractivity (Wildman–Crippen MR) is 128 cm³/mol. The van der Waals surface area contributed by atoms with Gasteiger partial charge in [0.1, 0.15) is 0 Å². The third kappa shape index (κ3) is 4.58. The summed E-state index contributed by atoms with van der Waals surface area (Å²) in [5.74, 6) is 1.05. The van der Waals surface area contributed by atoms with E-state index in [-0.39, 0.29) is 17.7 Å². The number of hydrogen-bond donors (Lipinski definition) is 0. The van der Waals surface area contributed by atoms with Crippen molar-refractivity contribution in [3.8, 4) is 11.4 Å². The molecule has 1 fully saturated rings. The molecule has 0 N–H and O–H groups in total. The Morgan fingerprint density at radius 1 is 0.970 bits per heavy atom. The summed E-state index contributed by atoms with van der Waals surface area (Å²) in [7, 11) is 0. The van der Waals surface area contributed by atoms with E-state index in [2.05, 4.69) is 16.2 Å². The van der Waals surface area contributed by atoms with Crippen LogP contribution in [0.1, 0.15) is 47.3 Å². The molecule has 4 aromatic rings. The molecule has 0 bridgehead atoms. The van der Waals surface area contributed by atoms with Crippen molar-refractivity contribution < 1.29 is 9.32 Å². The van der Waals surface area contributed by atoms with E-state index in [0.717, 1.165) is 41.6 Å². The molecule has 1 aliphatic heterocycles. The molecule has 1 aromatic heterocycles. The zero-order valence-corrected chi connectivity index (χ0v) is 18.7. The van der Waals surface area contributed by atoms with Crippen LogP contribution in [0, 0.1) is 6.92 Å². The minimum absolute atomic E-state index is 0.0426. The summed E-state index contributed by atoms with van der Waals surface area (Å²) in [6, 6.07) is 28.1. The lowest BCUT2D eigenvalue weighted by Gasteiger charge is -2.34. The van der Waals surface area contributed by atoms with Crippen LogP contribution in [0.2, 0.25) is 0 Å². The van der Waals surface area contributed by atoms with Crippen LogP contribution in [0.4, 0.5) is 0 Å². The van der Waals surface area contributed by atoms with Gasteiger partial charge in [-0.05, 0) is 37.0 Å². The van der Waals surface area contributed by atoms with Crippen LogP contribution in [0.25, 0.3) is 11.4 Å². The van der Waals surface area contributed by atoms with Gasteiger partial charge >= 0.3 is 0 Å². The Hall–Kier alpha value is -3.73. The molecule has 0 aliphatic carbocycles. The van der Waals surface area contributed by atoms with Crippen LogP contribution in [0.5, 0.6) is 0 Å². The van der Waals surface area contributed by atoms with Gasteiger partial charge in [0.05, 0.1) is 11.8 Å². The molecule has 0 radical (unpaired) electrons. The van der Waals surface area contributed by atoms with E-state index < -0.39 is 0 Å². The van der Waals surface area contributed by atoms with Crippen molar-refractivity contribution in [2.45, 2.75) is 31.6 Å². The molecule has 1 atom stereocenters. The summed E-state index contributed by atoms with van der Waals surface area (Å²) in [4.78, 5) is 20.5. The summed E-state index contributed by atoms with van der Waals surface area (Å²) < 4.78 is 5.66. The van der Waals surface area contributed by atoms with E-state index in [1.165, 1.54) is 0 Å². The van der Waals surface area contributed by atoms with E-state index >= 15 is 0 Å². The maximum Gasteiger partial charge on any atom is 0.234 e. The highest BCUT2D eigenvalue weighted by molar-refractivity contribution is 5.87. The third-order valence-electron chi connectivity index (χ3n) is 6.31. The zero-order chi connectivity index (χ0) is 22.6. The molecule has 5 heteroatoms. The van der Waals surface area contributed by atoms with Crippen LogP contribution >= 0.6 is 0 Å². The topological polar surface area (TPSA) is 59.2 Å². The molecule has 1 amide bonds. The summed E-state index contributed by atoms with van der Waals surface area (Å²) in [6.07, 6.45) is 1.84. The largest absolute Gasteiger partial charge is 0.341 e. The standard InChI is InChI=1S/C28H27N3O2/c1-20-10-8-15-23(18-20)26-29-27(33-30-26)24-16-9-17-31(19-24)28(32)25(21-11-4-2-5-12-21)22-13-6-3-7-14-22/h2-8,10-15,18,24-25H,9,16-17,19H2,1H3. The van der Waals surface area contributed by atoms with E-state index in [0.29, 0.717) is 18.3 Å². The number of nitrogens with zero attached hydrogens (tertiary/aromatic N) is 3. The van der Waals surface area contributed by atoms with Crippen molar-refractivity contribution >= 4 is 5.91 Å². The highest BCUT2D eigenvalue weighted by Crippen LogP contribution is 2.32. The molecule has 33 heavy (non-hydrogen) atoms. The molecular formula is C28H27N3O2. The number of rotatable bonds is 5. The van der Waals surface area contributed by atoms with Crippen molar-refractivity contribution in [2.24, 2.45) is 0 Å². The Labute approximate surface area is 194 Å². The summed E-state index contributed by atoms with van der Waals surface area (Å²) in [6.45, 7) is 3.37. The molecule has 1 unspecified atom stereocenters. The lowest BCUT2D eigenvalue weighted by Crippen LogP contribution is -2.42. The fourth-order valence-electron chi connectivity index (χ4n) is 4.63. The molecule has 2 heterocycles. The number of likely N-dealkylation sites (tertiary alicyclic amines) is 1. The van der Waals surface area contributed by atoms with Gasteiger partial charge in [-0.3, -0.25) is 4.79 Å². The maximum absolute atomic E-state index is 13.8. The predicted octanol–water partition coefficient (Wildman–Crippen LogP) is 5.58. The number of carbonyl (C=O) groups excluding carboxylic acids is 1. The fraction of sp³-hybridized carbons (Fsp3) is 0.250. The number of aryl methyl sites for hydroxylation is 1. The number of piperidine rings is 1. The van der Waals surface area contributed by atoms with Gasteiger partial charge in [0.15, 0.2) is 0 Å². The van der Waals surface area contributed by atoms with Crippen molar-refractivity contribution in [3.63, 3.8) is 0 Å². The first kappa shape index (κ1) is 21.1. The second kappa shape index (κ2) is 9.41. The van der Waals surface area contributed by atoms with Crippen LogP contribution in [0.15, 0.2) is 89.5 Å². The number of amides is 1. The van der Waals surface area contributed by atoms with Gasteiger partial charge in [-0.15, -0.1) is 0 Å². The average molecular weight is 438 g/mol. The van der Waals surface area contributed by atoms with E-state index in [1.807, 2.05) is 90.7 Å². The minimum atomic E-state index is -0.323. The van der Waals surface area contributed by atoms with Crippen molar-refractivity contribution in [1.82, 2.24) is 15.0 Å². The number of carbonyl (C=O) groups is 1. The van der Waals surface area contributed by atoms with Crippen molar-refractivity contribution in [1.29, 1.82) is 0 Å². The van der Waals surface area contributed by atoms with Crippen molar-refractivity contribution in [2.75, 3.05) is 13.1 Å². The smallest absolute Gasteiger partial charge is 0.234 e. The Kier molecular flexibility index (Phi) is 6.03. The van der Waals surface area contributed by atoms with Gasteiger partial charge in [-0.1, -0.05) is 89.6 Å². The Morgan fingerprint density at radius 3 is 2.33 bits per heavy atom. The normalized spacial score (nSPS) is 16.2. The molecule has 0 saturated carbocycles. The van der Waals surface area contributed by atoms with Gasteiger partial charge in [-0.25, -0.2) is 0 Å². The number of benzene rings is 3. The molecule has 1 aliphatic rings. The highest BCUT2D eigenvalue weighted by atomic mass is 16.5. The quantitative estimate of drug-likeness (QED) is 0.409. The Bertz CT molecular complexity index is 1180. The maximum atomic E-state index is 13.8. The van der Waals surface area contributed by atoms with E-state index in [1.54, 1.807) is 0 Å². The second-order valence-electron chi connectivity index (χ2n) is 8.70. The molecule has 5 nitrogen and oxygen atoms in total. The fourth-order valence-corrected chi connectivity index (χ4v) is 4.63. The zero-order valence-electron chi connectivity index (χ0n) is 18.7. The third-order valence-corrected chi connectivity index (χ3v) is 6.31. The Morgan fingerprint density at radius 2 is 1.67 bits per heavy atom. The van der Waals surface area contributed by atoms with E-state index in [4.69, 9.17) is 4.52 Å². The Balaban J connectivity index is 1.38. The van der Waals surface area contributed by atoms with Crippen molar-refractivity contribution in [3.05, 3.63) is 108 Å². The van der Waals surface area contributed by atoms with Gasteiger partial charge in [0, 0.05) is 18.7 Å². The van der Waals surface area contributed by atoms with Gasteiger partial charge in [-0.2, -0.15) is 4.98 Å². The second-order valence-corrected chi connectivity index (χ2v) is 8.70. The highest BCUT2D eigenvalue weighted by Gasteiger charge is 2.33. The average Bonchev–Trinajstić information content (AvgIpc) is 3.36. The van der Waals surface area contributed by atoms with Gasteiger partial charge < -0.3 is 9.42 Å².